The van der Waals surface area contributed by atoms with Gasteiger partial charge in [-0.15, -0.1) is 11.3 Å². The second-order valence-corrected chi connectivity index (χ2v) is 7.52. The van der Waals surface area contributed by atoms with Crippen LogP contribution in [0.15, 0.2) is 46.6 Å². The van der Waals surface area contributed by atoms with E-state index >= 15 is 0 Å². The number of hydrogen-bond acceptors (Lipinski definition) is 3. The predicted octanol–water partition coefficient (Wildman–Crippen LogP) is 3.31. The van der Waals surface area contributed by atoms with Gasteiger partial charge in [0.15, 0.2) is 0 Å². The lowest BCUT2D eigenvalue weighted by molar-refractivity contribution is -0.122. The molecule has 0 aliphatic heterocycles. The highest BCUT2D eigenvalue weighted by atomic mass is 32.1. The van der Waals surface area contributed by atoms with E-state index in [0.717, 1.165) is 15.9 Å². The number of amides is 1. The zero-order chi connectivity index (χ0) is 18.0. The van der Waals surface area contributed by atoms with Crippen LogP contribution in [0.3, 0.4) is 0 Å². The summed E-state index contributed by atoms with van der Waals surface area (Å²) in [6.45, 7) is 4.57. The lowest BCUT2D eigenvalue weighted by Gasteiger charge is -2.21. The molecule has 1 amide bonds. The van der Waals surface area contributed by atoms with Gasteiger partial charge in [0, 0.05) is 24.9 Å². The Morgan fingerprint density at radius 1 is 1.16 bits per heavy atom. The Bertz CT molecular complexity index is 922. The largest absolute Gasteiger partial charge is 0.348 e. The Morgan fingerprint density at radius 2 is 1.88 bits per heavy atom. The Hall–Kier alpha value is -2.34. The van der Waals surface area contributed by atoms with Crippen molar-refractivity contribution >= 4 is 28.3 Å². The van der Waals surface area contributed by atoms with Crippen LogP contribution in [0.1, 0.15) is 31.2 Å². The highest BCUT2D eigenvalue weighted by Gasteiger charge is 2.19. The number of fused-ring (bicyclic) bond motifs is 1. The molecular formula is C19H23N3O2S. The molecule has 1 aromatic carbocycles. The van der Waals surface area contributed by atoms with Crippen LogP contribution in [0.2, 0.25) is 0 Å². The number of benzene rings is 1. The molecule has 25 heavy (non-hydrogen) atoms. The van der Waals surface area contributed by atoms with Crippen molar-refractivity contribution in [1.82, 2.24) is 14.5 Å². The summed E-state index contributed by atoms with van der Waals surface area (Å²) in [5.74, 6) is 0.273. The van der Waals surface area contributed by atoms with Crippen LogP contribution in [-0.4, -0.2) is 15.0 Å². The summed E-state index contributed by atoms with van der Waals surface area (Å²) in [4.78, 5) is 26.0. The minimum atomic E-state index is -0.0901. The van der Waals surface area contributed by atoms with Crippen LogP contribution >= 0.6 is 11.3 Å². The van der Waals surface area contributed by atoms with Crippen molar-refractivity contribution in [2.45, 2.75) is 32.9 Å². The van der Waals surface area contributed by atoms with Gasteiger partial charge in [-0.2, -0.15) is 0 Å². The molecule has 5 nitrogen and oxygen atoms in total. The number of carbonyl (C=O) groups is 1. The topological polar surface area (TPSA) is 56.0 Å². The maximum absolute atomic E-state index is 12.5. The summed E-state index contributed by atoms with van der Waals surface area (Å²) in [5.41, 5.74) is 1.65. The molecule has 0 radical (unpaired) electrons. The normalized spacial score (nSPS) is 12.6. The maximum Gasteiger partial charge on any atom is 0.328 e. The van der Waals surface area contributed by atoms with Crippen molar-refractivity contribution in [3.8, 4) is 0 Å². The van der Waals surface area contributed by atoms with Gasteiger partial charge in [-0.25, -0.2) is 4.79 Å². The number of nitrogens with zero attached hydrogens (tertiary/aromatic N) is 2. The first-order valence-corrected chi connectivity index (χ1v) is 9.34. The van der Waals surface area contributed by atoms with Gasteiger partial charge in [0.05, 0.1) is 17.1 Å². The highest BCUT2D eigenvalue weighted by Crippen LogP contribution is 2.25. The van der Waals surface area contributed by atoms with Crippen LogP contribution < -0.4 is 11.0 Å². The molecule has 0 spiro atoms. The van der Waals surface area contributed by atoms with Gasteiger partial charge in [0.25, 0.3) is 0 Å². The van der Waals surface area contributed by atoms with Crippen LogP contribution in [0.5, 0.6) is 0 Å². The van der Waals surface area contributed by atoms with Gasteiger partial charge in [-0.05, 0) is 29.5 Å². The van der Waals surface area contributed by atoms with Crippen molar-refractivity contribution in [2.24, 2.45) is 13.0 Å². The zero-order valence-electron chi connectivity index (χ0n) is 14.7. The zero-order valence-corrected chi connectivity index (χ0v) is 15.5. The fraction of sp³-hybridized carbons (Fsp3) is 0.368. The quantitative estimate of drug-likeness (QED) is 0.736. The summed E-state index contributed by atoms with van der Waals surface area (Å²) >= 11 is 1.65. The highest BCUT2D eigenvalue weighted by molar-refractivity contribution is 7.10. The molecule has 3 aromatic rings. The van der Waals surface area contributed by atoms with Gasteiger partial charge < -0.3 is 5.32 Å². The third kappa shape index (κ3) is 3.54. The van der Waals surface area contributed by atoms with E-state index in [1.165, 1.54) is 0 Å². The first-order valence-electron chi connectivity index (χ1n) is 8.46. The lowest BCUT2D eigenvalue weighted by atomic mass is 10.0. The van der Waals surface area contributed by atoms with E-state index in [1.54, 1.807) is 27.5 Å². The van der Waals surface area contributed by atoms with E-state index in [4.69, 9.17) is 0 Å². The minimum Gasteiger partial charge on any atom is -0.348 e. The molecule has 0 saturated heterocycles. The number of aromatic nitrogens is 2. The molecule has 1 N–H and O–H groups in total. The molecule has 0 saturated carbocycles. The third-order valence-corrected chi connectivity index (χ3v) is 5.40. The van der Waals surface area contributed by atoms with Gasteiger partial charge in [-0.1, -0.05) is 32.0 Å². The van der Waals surface area contributed by atoms with Gasteiger partial charge in [0.1, 0.15) is 0 Å². The Balaban J connectivity index is 1.73. The fourth-order valence-electron chi connectivity index (χ4n) is 3.07. The number of hydrogen-bond donors (Lipinski definition) is 1. The fourth-order valence-corrected chi connectivity index (χ4v) is 4.02. The number of aryl methyl sites for hydroxylation is 2. The first-order chi connectivity index (χ1) is 12.0. The molecule has 0 aliphatic rings. The van der Waals surface area contributed by atoms with E-state index < -0.39 is 0 Å². The van der Waals surface area contributed by atoms with Crippen LogP contribution in [0, 0.1) is 5.92 Å². The Morgan fingerprint density at radius 3 is 2.52 bits per heavy atom. The monoisotopic (exact) mass is 357 g/mol. The molecule has 0 unspecified atom stereocenters. The number of carbonyl (C=O) groups excluding carboxylic acids is 1. The molecular weight excluding hydrogens is 334 g/mol. The van der Waals surface area contributed by atoms with E-state index in [-0.39, 0.29) is 24.1 Å². The van der Waals surface area contributed by atoms with Crippen molar-refractivity contribution < 1.29 is 4.79 Å². The molecule has 6 heteroatoms. The third-order valence-electron chi connectivity index (χ3n) is 4.45. The average molecular weight is 357 g/mol. The van der Waals surface area contributed by atoms with Crippen molar-refractivity contribution in [3.05, 3.63) is 57.1 Å². The van der Waals surface area contributed by atoms with Crippen molar-refractivity contribution in [2.75, 3.05) is 0 Å². The smallest absolute Gasteiger partial charge is 0.328 e. The maximum atomic E-state index is 12.5. The molecule has 2 heterocycles. The summed E-state index contributed by atoms with van der Waals surface area (Å²) in [7, 11) is 1.76. The molecule has 0 bridgehead atoms. The summed E-state index contributed by atoms with van der Waals surface area (Å²) in [6.07, 6.45) is 0.280. The van der Waals surface area contributed by atoms with Crippen LogP contribution in [-0.2, 0) is 18.4 Å². The number of imidazole rings is 1. The van der Waals surface area contributed by atoms with E-state index in [1.807, 2.05) is 41.8 Å². The molecule has 0 fully saturated rings. The van der Waals surface area contributed by atoms with E-state index in [9.17, 15) is 9.59 Å². The molecule has 2 aromatic heterocycles. The first kappa shape index (κ1) is 17.5. The Labute approximate surface area is 150 Å². The minimum absolute atomic E-state index is 0.0109. The van der Waals surface area contributed by atoms with Crippen LogP contribution in [0.4, 0.5) is 0 Å². The second-order valence-electron chi connectivity index (χ2n) is 6.54. The van der Waals surface area contributed by atoms with E-state index in [0.29, 0.717) is 12.5 Å². The van der Waals surface area contributed by atoms with Crippen molar-refractivity contribution in [3.63, 3.8) is 0 Å². The summed E-state index contributed by atoms with van der Waals surface area (Å²) in [6, 6.07) is 11.7. The number of rotatable bonds is 6. The van der Waals surface area contributed by atoms with E-state index in [2.05, 4.69) is 19.2 Å². The molecule has 0 aliphatic carbocycles. The van der Waals surface area contributed by atoms with Gasteiger partial charge in [0.2, 0.25) is 5.91 Å². The van der Waals surface area contributed by atoms with Crippen molar-refractivity contribution in [1.29, 1.82) is 0 Å². The number of para-hydroxylation sites is 2. The predicted molar refractivity (Wildman–Crippen MR) is 102 cm³/mol. The average Bonchev–Trinajstić information content (AvgIpc) is 3.20. The molecule has 3 rings (SSSR count). The lowest BCUT2D eigenvalue weighted by Crippen LogP contribution is -2.32. The molecule has 132 valence electrons. The number of thiophene rings is 1. The molecule has 1 atom stereocenters. The number of nitrogens with one attached hydrogen (secondary N) is 1. The standard InChI is InChI=1S/C19H23N3O2S/c1-13(2)18(16-9-6-12-25-16)20-17(23)10-11-22-15-8-5-4-7-14(15)21(3)19(22)24/h4-9,12-13,18H,10-11H2,1-3H3,(H,20,23)/t18-/m1/s1. The van der Waals surface area contributed by atoms with Gasteiger partial charge in [-0.3, -0.25) is 13.9 Å². The van der Waals surface area contributed by atoms with Gasteiger partial charge >= 0.3 is 5.69 Å². The summed E-state index contributed by atoms with van der Waals surface area (Å²) < 4.78 is 3.29. The SMILES string of the molecule is CC(C)[C@@H](NC(=O)CCn1c(=O)n(C)c2ccccc21)c1cccs1. The summed E-state index contributed by atoms with van der Waals surface area (Å²) in [5, 5.41) is 5.13. The van der Waals surface area contributed by atoms with Crippen LogP contribution in [0.25, 0.3) is 11.0 Å². The Kier molecular flexibility index (Phi) is 5.08. The second kappa shape index (κ2) is 7.27.